The second kappa shape index (κ2) is 3.47. The number of benzene rings is 1. The van der Waals surface area contributed by atoms with Crippen molar-refractivity contribution in [2.75, 3.05) is 0 Å². The van der Waals surface area contributed by atoms with E-state index in [0.717, 1.165) is 5.56 Å². The third kappa shape index (κ3) is 1.33. The summed E-state index contributed by atoms with van der Waals surface area (Å²) in [6.45, 7) is 0. The molecule has 0 spiro atoms. The van der Waals surface area contributed by atoms with Gasteiger partial charge in [0.1, 0.15) is 4.98 Å². The largest absolute Gasteiger partial charge is 0.369 e. The van der Waals surface area contributed by atoms with Gasteiger partial charge in [-0.25, -0.2) is 0 Å². The Balaban J connectivity index is 2.45. The van der Waals surface area contributed by atoms with Gasteiger partial charge in [-0.15, -0.1) is 0 Å². The van der Waals surface area contributed by atoms with Crippen LogP contribution >= 0.6 is 0 Å². The Morgan fingerprint density at radius 3 is 2.50 bits per heavy atom. The molecule has 0 fully saturated rings. The summed E-state index contributed by atoms with van der Waals surface area (Å²) in [5.74, 6) is 0. The third-order valence-corrected chi connectivity index (χ3v) is 2.50. The highest BCUT2D eigenvalue weighted by atomic mass is 14.9. The summed E-state index contributed by atoms with van der Waals surface area (Å²) in [7, 11) is 0. The molecule has 0 N–H and O–H groups in total. The molecule has 0 aromatic heterocycles. The van der Waals surface area contributed by atoms with E-state index in [4.69, 9.17) is 5.39 Å². The highest BCUT2D eigenvalue weighted by molar-refractivity contribution is 5.37. The standard InChI is InChI=1S/C12H11N2/c13-14-12(9-5-2-6-10-12)11-7-3-1-4-8-11/h1-9H,10H2/q+1. The Morgan fingerprint density at radius 2 is 1.93 bits per heavy atom. The van der Waals surface area contributed by atoms with Gasteiger partial charge >= 0.3 is 5.54 Å². The minimum atomic E-state index is -0.573. The van der Waals surface area contributed by atoms with Crippen LogP contribution in [0, 0.1) is 5.39 Å². The van der Waals surface area contributed by atoms with Crippen molar-refractivity contribution in [2.24, 2.45) is 0 Å². The Bertz CT molecular complexity index is 412. The van der Waals surface area contributed by atoms with E-state index < -0.39 is 5.54 Å². The minimum Gasteiger partial charge on any atom is -0.0755 e. The van der Waals surface area contributed by atoms with E-state index in [0.29, 0.717) is 6.42 Å². The molecule has 2 rings (SSSR count). The lowest BCUT2D eigenvalue weighted by Gasteiger charge is -2.11. The number of diazo groups is 1. The first-order chi connectivity index (χ1) is 6.87. The Morgan fingerprint density at radius 1 is 1.14 bits per heavy atom. The molecule has 1 aliphatic carbocycles. The summed E-state index contributed by atoms with van der Waals surface area (Å²) >= 11 is 0. The maximum atomic E-state index is 9.13. The van der Waals surface area contributed by atoms with Crippen molar-refractivity contribution >= 4 is 0 Å². The Labute approximate surface area is 83.2 Å². The first-order valence-corrected chi connectivity index (χ1v) is 4.63. The average Bonchev–Trinajstić information content (AvgIpc) is 2.31. The van der Waals surface area contributed by atoms with E-state index in [2.05, 4.69) is 4.98 Å². The lowest BCUT2D eigenvalue weighted by molar-refractivity contribution is 0.655. The molecule has 0 bridgehead atoms. The van der Waals surface area contributed by atoms with Crippen LogP contribution in [-0.2, 0) is 5.54 Å². The molecule has 0 aliphatic heterocycles. The van der Waals surface area contributed by atoms with Crippen LogP contribution in [0.15, 0.2) is 54.6 Å². The van der Waals surface area contributed by atoms with Crippen LogP contribution in [0.1, 0.15) is 12.0 Å². The van der Waals surface area contributed by atoms with Crippen LogP contribution in [0.4, 0.5) is 0 Å². The quantitative estimate of drug-likeness (QED) is 0.614. The van der Waals surface area contributed by atoms with Gasteiger partial charge in [0.15, 0.2) is 0 Å². The molecule has 0 radical (unpaired) electrons. The number of hydrogen-bond donors (Lipinski definition) is 0. The van der Waals surface area contributed by atoms with E-state index in [1.54, 1.807) is 0 Å². The van der Waals surface area contributed by atoms with Crippen LogP contribution in [0.25, 0.3) is 4.98 Å². The molecule has 0 heterocycles. The van der Waals surface area contributed by atoms with Crippen LogP contribution < -0.4 is 0 Å². The van der Waals surface area contributed by atoms with Gasteiger partial charge in [-0.1, -0.05) is 48.6 Å². The number of rotatable bonds is 1. The summed E-state index contributed by atoms with van der Waals surface area (Å²) in [6, 6.07) is 9.81. The average molecular weight is 183 g/mol. The van der Waals surface area contributed by atoms with Crippen LogP contribution in [0.3, 0.4) is 0 Å². The highest BCUT2D eigenvalue weighted by Gasteiger charge is 2.42. The van der Waals surface area contributed by atoms with Gasteiger partial charge in [0, 0.05) is 11.6 Å². The predicted molar refractivity (Wildman–Crippen MR) is 56.1 cm³/mol. The van der Waals surface area contributed by atoms with Crippen molar-refractivity contribution in [3.05, 3.63) is 65.2 Å². The fraction of sp³-hybridized carbons (Fsp3) is 0.167. The molecular weight excluding hydrogens is 172 g/mol. The van der Waals surface area contributed by atoms with Gasteiger partial charge in [0.25, 0.3) is 0 Å². The summed E-state index contributed by atoms with van der Waals surface area (Å²) in [5, 5.41) is 9.13. The molecule has 2 heteroatoms. The number of nitrogens with zero attached hydrogens (tertiary/aromatic N) is 2. The van der Waals surface area contributed by atoms with Gasteiger partial charge in [-0.05, 0) is 0 Å². The van der Waals surface area contributed by atoms with Crippen LogP contribution in [-0.4, -0.2) is 0 Å². The van der Waals surface area contributed by atoms with Crippen molar-refractivity contribution in [3.63, 3.8) is 0 Å². The molecule has 1 unspecified atom stereocenters. The monoisotopic (exact) mass is 183 g/mol. The van der Waals surface area contributed by atoms with Gasteiger partial charge in [-0.2, -0.15) is 0 Å². The SMILES string of the molecule is N#[N+]C1(c2ccccc2)C=CC=CC1. The van der Waals surface area contributed by atoms with Crippen molar-refractivity contribution in [3.8, 4) is 0 Å². The van der Waals surface area contributed by atoms with Crippen molar-refractivity contribution in [1.82, 2.24) is 0 Å². The molecule has 2 nitrogen and oxygen atoms in total. The maximum Gasteiger partial charge on any atom is 0.369 e. The lowest BCUT2D eigenvalue weighted by Crippen LogP contribution is -2.18. The second-order valence-electron chi connectivity index (χ2n) is 3.38. The van der Waals surface area contributed by atoms with Crippen LogP contribution in [0.5, 0.6) is 0 Å². The van der Waals surface area contributed by atoms with Crippen molar-refractivity contribution in [1.29, 1.82) is 5.39 Å². The first kappa shape index (κ1) is 8.71. The molecule has 1 aliphatic rings. The minimum absolute atomic E-state index is 0.573. The fourth-order valence-corrected chi connectivity index (χ4v) is 1.68. The molecule has 1 aromatic rings. The summed E-state index contributed by atoms with van der Waals surface area (Å²) in [5.41, 5.74) is 0.443. The summed E-state index contributed by atoms with van der Waals surface area (Å²) < 4.78 is 0. The maximum absolute atomic E-state index is 9.13. The zero-order valence-corrected chi connectivity index (χ0v) is 7.80. The van der Waals surface area contributed by atoms with E-state index in [1.807, 2.05) is 54.6 Å². The first-order valence-electron chi connectivity index (χ1n) is 4.63. The summed E-state index contributed by atoms with van der Waals surface area (Å²) in [6.07, 6.45) is 8.52. The lowest BCUT2D eigenvalue weighted by atomic mass is 9.85. The normalized spacial score (nSPS) is 24.5. The molecular formula is C12H11N2+. The number of hydrogen-bond acceptors (Lipinski definition) is 1. The van der Waals surface area contributed by atoms with Gasteiger partial charge in [-0.3, -0.25) is 0 Å². The molecule has 1 aromatic carbocycles. The fourth-order valence-electron chi connectivity index (χ4n) is 1.68. The topological polar surface area (TPSA) is 28.1 Å². The second-order valence-corrected chi connectivity index (χ2v) is 3.38. The smallest absolute Gasteiger partial charge is 0.0755 e. The highest BCUT2D eigenvalue weighted by Crippen LogP contribution is 2.33. The van der Waals surface area contributed by atoms with E-state index in [9.17, 15) is 0 Å². The van der Waals surface area contributed by atoms with Crippen molar-refractivity contribution < 1.29 is 0 Å². The summed E-state index contributed by atoms with van der Waals surface area (Å²) in [4.78, 5) is 3.51. The van der Waals surface area contributed by atoms with E-state index >= 15 is 0 Å². The molecule has 68 valence electrons. The van der Waals surface area contributed by atoms with Crippen molar-refractivity contribution in [2.45, 2.75) is 12.0 Å². The predicted octanol–water partition coefficient (Wildman–Crippen LogP) is 3.25. The Kier molecular flexibility index (Phi) is 2.16. The van der Waals surface area contributed by atoms with E-state index in [-0.39, 0.29) is 0 Å². The Hall–Kier alpha value is -1.88. The zero-order chi connectivity index (χ0) is 9.86. The molecule has 0 saturated heterocycles. The van der Waals surface area contributed by atoms with Gasteiger partial charge in [0.2, 0.25) is 5.39 Å². The van der Waals surface area contributed by atoms with Crippen LogP contribution in [0.2, 0.25) is 0 Å². The number of allylic oxidation sites excluding steroid dienone is 2. The molecule has 14 heavy (non-hydrogen) atoms. The third-order valence-electron chi connectivity index (χ3n) is 2.50. The molecule has 1 atom stereocenters. The van der Waals surface area contributed by atoms with Gasteiger partial charge < -0.3 is 0 Å². The molecule has 0 saturated carbocycles. The molecule has 0 amide bonds. The zero-order valence-electron chi connectivity index (χ0n) is 7.80. The van der Waals surface area contributed by atoms with E-state index in [1.165, 1.54) is 0 Å². The van der Waals surface area contributed by atoms with Gasteiger partial charge in [0.05, 0.1) is 6.42 Å².